The molecule has 3 heterocycles. The quantitative estimate of drug-likeness (QED) is 0.858. The third-order valence-electron chi connectivity index (χ3n) is 4.89. The first kappa shape index (κ1) is 17.8. The van der Waals surface area contributed by atoms with Crippen molar-refractivity contribution in [3.63, 3.8) is 0 Å². The zero-order valence-electron chi connectivity index (χ0n) is 15.0. The molecule has 0 unspecified atom stereocenters. The zero-order valence-corrected chi connectivity index (χ0v) is 15.0. The molecule has 0 radical (unpaired) electrons. The minimum atomic E-state index is -0.422. The number of amides is 2. The van der Waals surface area contributed by atoms with Gasteiger partial charge in [-0.05, 0) is 26.2 Å². The second-order valence-corrected chi connectivity index (χ2v) is 6.75. The molecular formula is C17H27N5O3. The molecule has 0 aromatic carbocycles. The molecule has 2 fully saturated rings. The van der Waals surface area contributed by atoms with E-state index in [9.17, 15) is 9.59 Å². The fourth-order valence-electron chi connectivity index (χ4n) is 3.44. The van der Waals surface area contributed by atoms with E-state index < -0.39 is 6.04 Å². The van der Waals surface area contributed by atoms with E-state index >= 15 is 0 Å². The molecule has 8 nitrogen and oxygen atoms in total. The van der Waals surface area contributed by atoms with Gasteiger partial charge in [0.05, 0.1) is 13.2 Å². The Balaban J connectivity index is 1.63. The van der Waals surface area contributed by atoms with Gasteiger partial charge in [0, 0.05) is 25.9 Å². The molecule has 1 N–H and O–H groups in total. The van der Waals surface area contributed by atoms with E-state index in [0.29, 0.717) is 38.5 Å². The van der Waals surface area contributed by atoms with Crippen LogP contribution in [-0.4, -0.2) is 69.1 Å². The van der Waals surface area contributed by atoms with Gasteiger partial charge in [-0.25, -0.2) is 4.98 Å². The van der Waals surface area contributed by atoms with Gasteiger partial charge in [0.2, 0.25) is 11.8 Å². The van der Waals surface area contributed by atoms with Crippen LogP contribution < -0.4 is 0 Å². The van der Waals surface area contributed by atoms with Crippen molar-refractivity contribution >= 4 is 11.8 Å². The van der Waals surface area contributed by atoms with Crippen molar-refractivity contribution in [1.82, 2.24) is 25.0 Å². The van der Waals surface area contributed by atoms with E-state index in [1.165, 1.54) is 0 Å². The van der Waals surface area contributed by atoms with Crippen molar-refractivity contribution in [2.24, 2.45) is 0 Å². The molecule has 1 aromatic rings. The van der Waals surface area contributed by atoms with Crippen LogP contribution in [0.2, 0.25) is 0 Å². The summed E-state index contributed by atoms with van der Waals surface area (Å²) in [7, 11) is 0. The van der Waals surface area contributed by atoms with Crippen molar-refractivity contribution in [2.75, 3.05) is 26.2 Å². The van der Waals surface area contributed by atoms with Gasteiger partial charge in [-0.3, -0.25) is 14.7 Å². The predicted octanol–water partition coefficient (Wildman–Crippen LogP) is 1.06. The van der Waals surface area contributed by atoms with Crippen molar-refractivity contribution in [3.8, 4) is 0 Å². The van der Waals surface area contributed by atoms with Gasteiger partial charge in [-0.2, -0.15) is 5.10 Å². The first-order valence-corrected chi connectivity index (χ1v) is 9.21. The molecule has 2 aliphatic heterocycles. The number of rotatable bonds is 5. The van der Waals surface area contributed by atoms with Gasteiger partial charge in [0.25, 0.3) is 0 Å². The normalized spacial score (nSPS) is 23.0. The highest BCUT2D eigenvalue weighted by Gasteiger charge is 2.34. The number of morpholine rings is 1. The molecule has 0 spiro atoms. The minimum absolute atomic E-state index is 0.0205. The Morgan fingerprint density at radius 2 is 2.24 bits per heavy atom. The van der Waals surface area contributed by atoms with Crippen molar-refractivity contribution in [3.05, 3.63) is 11.6 Å². The fourth-order valence-corrected chi connectivity index (χ4v) is 3.44. The fraction of sp³-hybridized carbons (Fsp3) is 0.765. The maximum Gasteiger partial charge on any atom is 0.245 e. The number of likely N-dealkylation sites (tertiary alicyclic amines) is 1. The zero-order chi connectivity index (χ0) is 17.8. The molecule has 0 aliphatic carbocycles. The van der Waals surface area contributed by atoms with E-state index in [0.717, 1.165) is 31.5 Å². The van der Waals surface area contributed by atoms with Crippen LogP contribution in [-0.2, 0) is 20.7 Å². The standard InChI is InChI=1S/C17H27N5O3/c1-3-6-14-18-16(20-19-14)13-11-21(9-10-25-13)17(24)12(2)22-8-5-4-7-15(22)23/h12-13H,3-11H2,1-2H3,(H,18,19,20)/t12-,13-/m1/s1. The molecule has 138 valence electrons. The number of nitrogens with zero attached hydrogens (tertiary/aromatic N) is 4. The van der Waals surface area contributed by atoms with Crippen LogP contribution in [0.4, 0.5) is 0 Å². The molecule has 3 rings (SSSR count). The van der Waals surface area contributed by atoms with Crippen LogP contribution in [0, 0.1) is 0 Å². The van der Waals surface area contributed by atoms with Crippen LogP contribution in [0.1, 0.15) is 57.3 Å². The Hall–Kier alpha value is -1.96. The summed E-state index contributed by atoms with van der Waals surface area (Å²) in [5.41, 5.74) is 0. The smallest absolute Gasteiger partial charge is 0.245 e. The van der Waals surface area contributed by atoms with Gasteiger partial charge in [-0.15, -0.1) is 0 Å². The molecule has 8 heteroatoms. The van der Waals surface area contributed by atoms with Crippen LogP contribution in [0.25, 0.3) is 0 Å². The average molecular weight is 349 g/mol. The number of hydrogen-bond donors (Lipinski definition) is 1. The molecule has 2 saturated heterocycles. The van der Waals surface area contributed by atoms with Gasteiger partial charge in [-0.1, -0.05) is 6.92 Å². The third-order valence-corrected chi connectivity index (χ3v) is 4.89. The first-order chi connectivity index (χ1) is 12.1. The Labute approximate surface area is 147 Å². The van der Waals surface area contributed by atoms with E-state index in [1.54, 1.807) is 9.80 Å². The summed E-state index contributed by atoms with van der Waals surface area (Å²) in [4.78, 5) is 32.9. The molecule has 2 atom stereocenters. The van der Waals surface area contributed by atoms with Gasteiger partial charge >= 0.3 is 0 Å². The lowest BCUT2D eigenvalue weighted by Crippen LogP contribution is -2.53. The number of nitrogens with one attached hydrogen (secondary N) is 1. The predicted molar refractivity (Wildman–Crippen MR) is 90.7 cm³/mol. The largest absolute Gasteiger partial charge is 0.366 e. The number of H-pyrrole nitrogens is 1. The van der Waals surface area contributed by atoms with Crippen LogP contribution >= 0.6 is 0 Å². The van der Waals surface area contributed by atoms with Gasteiger partial charge in [0.15, 0.2) is 5.82 Å². The summed E-state index contributed by atoms with van der Waals surface area (Å²) in [6.07, 6.45) is 3.94. The summed E-state index contributed by atoms with van der Waals surface area (Å²) >= 11 is 0. The van der Waals surface area contributed by atoms with Crippen molar-refractivity contribution in [1.29, 1.82) is 0 Å². The Morgan fingerprint density at radius 3 is 3.00 bits per heavy atom. The molecular weight excluding hydrogens is 322 g/mol. The van der Waals surface area contributed by atoms with E-state index in [4.69, 9.17) is 4.74 Å². The third kappa shape index (κ3) is 4.00. The monoisotopic (exact) mass is 349 g/mol. The summed E-state index contributed by atoms with van der Waals surface area (Å²) in [6.45, 7) is 5.99. The van der Waals surface area contributed by atoms with Gasteiger partial charge < -0.3 is 14.5 Å². The number of aryl methyl sites for hydroxylation is 1. The number of ether oxygens (including phenoxy) is 1. The lowest BCUT2D eigenvalue weighted by atomic mass is 10.1. The van der Waals surface area contributed by atoms with Crippen molar-refractivity contribution in [2.45, 2.75) is 58.1 Å². The minimum Gasteiger partial charge on any atom is -0.366 e. The Morgan fingerprint density at radius 1 is 1.40 bits per heavy atom. The molecule has 25 heavy (non-hydrogen) atoms. The number of piperidine rings is 1. The molecule has 2 amide bonds. The molecule has 1 aromatic heterocycles. The first-order valence-electron chi connectivity index (χ1n) is 9.21. The Kier molecular flexibility index (Phi) is 5.67. The SMILES string of the molecule is CCCc1nc([C@H]2CN(C(=O)[C@@H](C)N3CCCCC3=O)CCO2)n[nH]1. The average Bonchev–Trinajstić information content (AvgIpc) is 3.10. The summed E-state index contributed by atoms with van der Waals surface area (Å²) in [5.74, 6) is 1.50. The lowest BCUT2D eigenvalue weighted by molar-refractivity contribution is -0.151. The second-order valence-electron chi connectivity index (χ2n) is 6.75. The molecule has 0 saturated carbocycles. The summed E-state index contributed by atoms with van der Waals surface area (Å²) in [5, 5.41) is 7.17. The second kappa shape index (κ2) is 7.95. The topological polar surface area (TPSA) is 91.4 Å². The van der Waals surface area contributed by atoms with E-state index in [2.05, 4.69) is 22.1 Å². The molecule has 0 bridgehead atoms. The van der Waals surface area contributed by atoms with Crippen molar-refractivity contribution < 1.29 is 14.3 Å². The highest BCUT2D eigenvalue weighted by molar-refractivity contribution is 5.87. The number of hydrogen-bond acceptors (Lipinski definition) is 5. The summed E-state index contributed by atoms with van der Waals surface area (Å²) in [6, 6.07) is -0.422. The lowest BCUT2D eigenvalue weighted by Gasteiger charge is -2.37. The number of carbonyl (C=O) groups excluding carboxylic acids is 2. The number of aromatic nitrogens is 3. The van der Waals surface area contributed by atoms with Crippen LogP contribution in [0.5, 0.6) is 0 Å². The number of aromatic amines is 1. The maximum absolute atomic E-state index is 12.9. The Bertz CT molecular complexity index is 617. The highest BCUT2D eigenvalue weighted by Crippen LogP contribution is 2.22. The summed E-state index contributed by atoms with van der Waals surface area (Å²) < 4.78 is 5.76. The van der Waals surface area contributed by atoms with E-state index in [-0.39, 0.29) is 17.9 Å². The van der Waals surface area contributed by atoms with E-state index in [1.807, 2.05) is 6.92 Å². The highest BCUT2D eigenvalue weighted by atomic mass is 16.5. The van der Waals surface area contributed by atoms with Crippen LogP contribution in [0.3, 0.4) is 0 Å². The maximum atomic E-state index is 12.9. The van der Waals surface area contributed by atoms with Crippen LogP contribution in [0.15, 0.2) is 0 Å². The molecule has 2 aliphatic rings. The van der Waals surface area contributed by atoms with Gasteiger partial charge in [0.1, 0.15) is 18.0 Å². The number of carbonyl (C=O) groups is 2.